The number of methoxy groups -OCH3 is 1. The van der Waals surface area contributed by atoms with Crippen molar-refractivity contribution in [1.82, 2.24) is 4.98 Å². The van der Waals surface area contributed by atoms with E-state index < -0.39 is 5.41 Å². The Balaban J connectivity index is 2.94. The van der Waals surface area contributed by atoms with Gasteiger partial charge in [0, 0.05) is 11.6 Å². The molecule has 0 aromatic carbocycles. The van der Waals surface area contributed by atoms with Crippen LogP contribution < -0.4 is 10.1 Å². The highest BCUT2D eigenvalue weighted by atomic mass is 127. The number of carbonyl (C=O) groups is 1. The quantitative estimate of drug-likeness (QED) is 0.846. The fourth-order valence-electron chi connectivity index (χ4n) is 0.966. The van der Waals surface area contributed by atoms with Gasteiger partial charge in [-0.05, 0) is 28.7 Å². The van der Waals surface area contributed by atoms with Crippen molar-refractivity contribution in [2.24, 2.45) is 5.41 Å². The van der Waals surface area contributed by atoms with Gasteiger partial charge in [0.15, 0.2) is 0 Å². The lowest BCUT2D eigenvalue weighted by atomic mass is 9.96. The third-order valence-electron chi connectivity index (χ3n) is 1.99. The predicted molar refractivity (Wildman–Crippen MR) is 71.6 cm³/mol. The van der Waals surface area contributed by atoms with Crippen LogP contribution in [-0.4, -0.2) is 18.0 Å². The van der Waals surface area contributed by atoms with E-state index in [1.54, 1.807) is 19.4 Å². The van der Waals surface area contributed by atoms with Gasteiger partial charge in [-0.25, -0.2) is 4.98 Å². The van der Waals surface area contributed by atoms with Crippen LogP contribution in [0, 0.1) is 8.99 Å². The van der Waals surface area contributed by atoms with Crippen molar-refractivity contribution in [3.8, 4) is 5.75 Å². The van der Waals surface area contributed by atoms with Gasteiger partial charge in [0.1, 0.15) is 11.6 Å². The number of nitrogens with zero attached hydrogens (tertiary/aromatic N) is 1. The van der Waals surface area contributed by atoms with Crippen LogP contribution in [0.1, 0.15) is 20.8 Å². The van der Waals surface area contributed by atoms with Gasteiger partial charge < -0.3 is 10.1 Å². The summed E-state index contributed by atoms with van der Waals surface area (Å²) in [4.78, 5) is 15.9. The van der Waals surface area contributed by atoms with Crippen LogP contribution in [0.3, 0.4) is 0 Å². The summed E-state index contributed by atoms with van der Waals surface area (Å²) >= 11 is 2.10. The molecule has 0 atom stereocenters. The van der Waals surface area contributed by atoms with Gasteiger partial charge in [0.05, 0.1) is 10.7 Å². The molecule has 5 heteroatoms. The van der Waals surface area contributed by atoms with Gasteiger partial charge in [-0.1, -0.05) is 20.8 Å². The number of nitrogens with one attached hydrogen (secondary N) is 1. The average molecular weight is 334 g/mol. The first-order chi connectivity index (χ1) is 7.36. The minimum atomic E-state index is -0.437. The highest BCUT2D eigenvalue weighted by Crippen LogP contribution is 2.27. The third-order valence-corrected chi connectivity index (χ3v) is 3.03. The lowest BCUT2D eigenvalue weighted by molar-refractivity contribution is -0.123. The molecule has 1 aromatic rings. The molecule has 88 valence electrons. The minimum absolute atomic E-state index is 0.0637. The van der Waals surface area contributed by atoms with E-state index in [2.05, 4.69) is 32.9 Å². The molecule has 0 aliphatic rings. The zero-order chi connectivity index (χ0) is 12.3. The van der Waals surface area contributed by atoms with E-state index in [0.29, 0.717) is 11.6 Å². The molecule has 1 rings (SSSR count). The number of hydrogen-bond donors (Lipinski definition) is 1. The molecule has 0 fully saturated rings. The van der Waals surface area contributed by atoms with Crippen molar-refractivity contribution in [3.05, 3.63) is 15.8 Å². The molecule has 0 bridgehead atoms. The van der Waals surface area contributed by atoms with Gasteiger partial charge >= 0.3 is 0 Å². The first-order valence-corrected chi connectivity index (χ1v) is 5.94. The van der Waals surface area contributed by atoms with E-state index in [4.69, 9.17) is 4.74 Å². The first-order valence-electron chi connectivity index (χ1n) is 4.86. The van der Waals surface area contributed by atoms with E-state index >= 15 is 0 Å². The standard InChI is InChI=1S/C11H15IN2O2/c1-11(2,3)10(15)14-9-8(12)7(16-4)5-6-13-9/h5-6H,1-4H3,(H,13,14,15). The van der Waals surface area contributed by atoms with Crippen molar-refractivity contribution in [2.45, 2.75) is 20.8 Å². The number of halogens is 1. The highest BCUT2D eigenvalue weighted by molar-refractivity contribution is 14.1. The largest absolute Gasteiger partial charge is 0.495 e. The second-order valence-electron chi connectivity index (χ2n) is 4.38. The van der Waals surface area contributed by atoms with Crippen molar-refractivity contribution in [2.75, 3.05) is 12.4 Å². The summed E-state index contributed by atoms with van der Waals surface area (Å²) in [5.41, 5.74) is -0.437. The van der Waals surface area contributed by atoms with Gasteiger partial charge in [0.2, 0.25) is 5.91 Å². The number of hydrogen-bond acceptors (Lipinski definition) is 3. The summed E-state index contributed by atoms with van der Waals surface area (Å²) < 4.78 is 5.96. The maximum Gasteiger partial charge on any atom is 0.230 e. The van der Waals surface area contributed by atoms with Crippen molar-refractivity contribution < 1.29 is 9.53 Å². The average Bonchev–Trinajstić information content (AvgIpc) is 2.19. The Morgan fingerprint density at radius 1 is 1.50 bits per heavy atom. The molecule has 1 heterocycles. The SMILES string of the molecule is COc1ccnc(NC(=O)C(C)(C)C)c1I. The maximum atomic E-state index is 11.8. The van der Waals surface area contributed by atoms with E-state index in [0.717, 1.165) is 3.57 Å². The van der Waals surface area contributed by atoms with Crippen LogP contribution in [0.5, 0.6) is 5.75 Å². The molecule has 0 saturated heterocycles. The smallest absolute Gasteiger partial charge is 0.230 e. The zero-order valence-electron chi connectivity index (χ0n) is 9.80. The number of ether oxygens (including phenoxy) is 1. The number of carbonyl (C=O) groups excluding carboxylic acids is 1. The van der Waals surface area contributed by atoms with E-state index in [-0.39, 0.29) is 5.91 Å². The zero-order valence-corrected chi connectivity index (χ0v) is 12.0. The normalized spacial score (nSPS) is 11.1. The van der Waals surface area contributed by atoms with Crippen LogP contribution in [0.2, 0.25) is 0 Å². The van der Waals surface area contributed by atoms with Gasteiger partial charge in [-0.3, -0.25) is 4.79 Å². The van der Waals surface area contributed by atoms with Crippen LogP contribution in [-0.2, 0) is 4.79 Å². The Morgan fingerprint density at radius 2 is 2.12 bits per heavy atom. The number of amides is 1. The second kappa shape index (κ2) is 4.99. The molecule has 0 radical (unpaired) electrons. The third kappa shape index (κ3) is 3.07. The number of anilines is 1. The molecule has 0 saturated carbocycles. The van der Waals surface area contributed by atoms with Gasteiger partial charge in [0.25, 0.3) is 0 Å². The molecule has 0 aliphatic carbocycles. The lowest BCUT2D eigenvalue weighted by Gasteiger charge is -2.18. The fourth-order valence-corrected chi connectivity index (χ4v) is 1.64. The van der Waals surface area contributed by atoms with Gasteiger partial charge in [-0.2, -0.15) is 0 Å². The summed E-state index contributed by atoms with van der Waals surface area (Å²) in [6.45, 7) is 5.57. The molecule has 1 N–H and O–H groups in total. The monoisotopic (exact) mass is 334 g/mol. The maximum absolute atomic E-state index is 11.8. The molecular weight excluding hydrogens is 319 g/mol. The minimum Gasteiger partial charge on any atom is -0.495 e. The molecule has 1 aromatic heterocycles. The molecule has 0 unspecified atom stereocenters. The highest BCUT2D eigenvalue weighted by Gasteiger charge is 2.22. The van der Waals surface area contributed by atoms with Crippen molar-refractivity contribution in [3.63, 3.8) is 0 Å². The number of aromatic nitrogens is 1. The Kier molecular flexibility index (Phi) is 4.12. The van der Waals surface area contributed by atoms with Crippen LogP contribution in [0.15, 0.2) is 12.3 Å². The first kappa shape index (κ1) is 13.2. The predicted octanol–water partition coefficient (Wildman–Crippen LogP) is 2.68. The molecule has 16 heavy (non-hydrogen) atoms. The van der Waals surface area contributed by atoms with Crippen LogP contribution in [0.4, 0.5) is 5.82 Å². The number of pyridine rings is 1. The van der Waals surface area contributed by atoms with Crippen molar-refractivity contribution >= 4 is 34.3 Å². The topological polar surface area (TPSA) is 51.2 Å². The summed E-state index contributed by atoms with van der Waals surface area (Å²) in [6.07, 6.45) is 1.61. The molecule has 0 aliphatic heterocycles. The van der Waals surface area contributed by atoms with Crippen molar-refractivity contribution in [1.29, 1.82) is 0 Å². The fraction of sp³-hybridized carbons (Fsp3) is 0.455. The molecular formula is C11H15IN2O2. The summed E-state index contributed by atoms with van der Waals surface area (Å²) in [6, 6.07) is 1.76. The van der Waals surface area contributed by atoms with Gasteiger partial charge in [-0.15, -0.1) is 0 Å². The van der Waals surface area contributed by atoms with Crippen LogP contribution >= 0.6 is 22.6 Å². The van der Waals surface area contributed by atoms with E-state index in [9.17, 15) is 4.79 Å². The van der Waals surface area contributed by atoms with Crippen LogP contribution in [0.25, 0.3) is 0 Å². The number of rotatable bonds is 2. The molecule has 0 spiro atoms. The Hall–Kier alpha value is -0.850. The Bertz CT molecular complexity index is 399. The lowest BCUT2D eigenvalue weighted by Crippen LogP contribution is -2.28. The van der Waals surface area contributed by atoms with E-state index in [1.807, 2.05) is 20.8 Å². The Labute approximate surface area is 109 Å². The molecule has 1 amide bonds. The molecule has 4 nitrogen and oxygen atoms in total. The van der Waals surface area contributed by atoms with E-state index in [1.165, 1.54) is 0 Å². The summed E-state index contributed by atoms with van der Waals surface area (Å²) in [5, 5.41) is 2.79. The Morgan fingerprint density at radius 3 is 2.62 bits per heavy atom. The summed E-state index contributed by atoms with van der Waals surface area (Å²) in [7, 11) is 1.59. The second-order valence-corrected chi connectivity index (χ2v) is 5.46. The summed E-state index contributed by atoms with van der Waals surface area (Å²) in [5.74, 6) is 1.19.